The quantitative estimate of drug-likeness (QED) is 0.773. The van der Waals surface area contributed by atoms with Crippen molar-refractivity contribution >= 4 is 5.97 Å². The zero-order valence-corrected chi connectivity index (χ0v) is 9.87. The van der Waals surface area contributed by atoms with E-state index in [1.165, 1.54) is 0 Å². The van der Waals surface area contributed by atoms with E-state index in [2.05, 4.69) is 9.97 Å². The van der Waals surface area contributed by atoms with Crippen LogP contribution in [0.1, 0.15) is 17.3 Å². The molecule has 1 aromatic heterocycles. The van der Waals surface area contributed by atoms with Gasteiger partial charge in [-0.3, -0.25) is 0 Å². The lowest BCUT2D eigenvalue weighted by Crippen LogP contribution is -2.04. The zero-order chi connectivity index (χ0) is 12.8. The summed E-state index contributed by atoms with van der Waals surface area (Å²) >= 11 is 0. The first-order chi connectivity index (χ1) is 8.79. The van der Waals surface area contributed by atoms with E-state index in [-0.39, 0.29) is 12.0 Å². The first-order valence-electron chi connectivity index (χ1n) is 5.51. The molecular formula is C13H12N2O3. The zero-order valence-electron chi connectivity index (χ0n) is 9.87. The smallest absolute Gasteiger partial charge is 0.338 e. The summed E-state index contributed by atoms with van der Waals surface area (Å²) in [5.74, 6) is 0.115. The summed E-state index contributed by atoms with van der Waals surface area (Å²) < 4.78 is 10.3. The molecule has 0 bridgehead atoms. The van der Waals surface area contributed by atoms with Gasteiger partial charge in [-0.2, -0.15) is 0 Å². The SMILES string of the molecule is CCOC(=O)c1cccc(Oc2ncccn2)c1. The summed E-state index contributed by atoms with van der Waals surface area (Å²) in [6, 6.07) is 8.62. The van der Waals surface area contributed by atoms with Gasteiger partial charge in [0.2, 0.25) is 0 Å². The molecule has 0 radical (unpaired) electrons. The fourth-order valence-electron chi connectivity index (χ4n) is 1.34. The van der Waals surface area contributed by atoms with E-state index in [4.69, 9.17) is 9.47 Å². The van der Waals surface area contributed by atoms with Crippen LogP contribution in [0.25, 0.3) is 0 Å². The maximum atomic E-state index is 11.5. The van der Waals surface area contributed by atoms with E-state index < -0.39 is 0 Å². The van der Waals surface area contributed by atoms with Crippen LogP contribution in [0.5, 0.6) is 11.8 Å². The minimum atomic E-state index is -0.378. The molecule has 0 spiro atoms. The van der Waals surface area contributed by atoms with Gasteiger partial charge in [0.25, 0.3) is 0 Å². The number of ether oxygens (including phenoxy) is 2. The second-order valence-electron chi connectivity index (χ2n) is 3.38. The van der Waals surface area contributed by atoms with Gasteiger partial charge in [-0.05, 0) is 31.2 Å². The normalized spacial score (nSPS) is 9.83. The molecule has 0 aliphatic carbocycles. The average molecular weight is 244 g/mol. The molecule has 0 unspecified atom stereocenters. The van der Waals surface area contributed by atoms with Crippen molar-refractivity contribution in [2.75, 3.05) is 6.61 Å². The van der Waals surface area contributed by atoms with Crippen molar-refractivity contribution in [3.05, 3.63) is 48.3 Å². The van der Waals surface area contributed by atoms with Crippen molar-refractivity contribution in [3.8, 4) is 11.8 Å². The van der Waals surface area contributed by atoms with Crippen LogP contribution < -0.4 is 4.74 Å². The lowest BCUT2D eigenvalue weighted by Gasteiger charge is -2.05. The van der Waals surface area contributed by atoms with E-state index in [0.717, 1.165) is 0 Å². The average Bonchev–Trinajstić information content (AvgIpc) is 2.40. The standard InChI is InChI=1S/C13H12N2O3/c1-2-17-12(16)10-5-3-6-11(9-10)18-13-14-7-4-8-15-13/h3-9H,2H2,1H3. The Kier molecular flexibility index (Phi) is 3.86. The van der Waals surface area contributed by atoms with Gasteiger partial charge in [0, 0.05) is 12.4 Å². The maximum Gasteiger partial charge on any atom is 0.338 e. The van der Waals surface area contributed by atoms with Crippen LogP contribution in [0, 0.1) is 0 Å². The molecule has 0 fully saturated rings. The molecule has 0 saturated heterocycles. The predicted molar refractivity (Wildman–Crippen MR) is 64.5 cm³/mol. The van der Waals surface area contributed by atoms with Gasteiger partial charge in [0.05, 0.1) is 12.2 Å². The lowest BCUT2D eigenvalue weighted by atomic mass is 10.2. The second kappa shape index (κ2) is 5.77. The molecular weight excluding hydrogens is 232 g/mol. The Morgan fingerprint density at radius 1 is 1.22 bits per heavy atom. The topological polar surface area (TPSA) is 61.3 Å². The number of esters is 1. The van der Waals surface area contributed by atoms with Crippen molar-refractivity contribution in [2.45, 2.75) is 6.92 Å². The number of benzene rings is 1. The van der Waals surface area contributed by atoms with E-state index in [1.807, 2.05) is 0 Å². The maximum absolute atomic E-state index is 11.5. The van der Waals surface area contributed by atoms with E-state index in [0.29, 0.717) is 17.9 Å². The summed E-state index contributed by atoms with van der Waals surface area (Å²) in [5.41, 5.74) is 0.435. The number of nitrogens with zero attached hydrogens (tertiary/aromatic N) is 2. The second-order valence-corrected chi connectivity index (χ2v) is 3.38. The molecule has 1 heterocycles. The van der Waals surface area contributed by atoms with Crippen molar-refractivity contribution in [3.63, 3.8) is 0 Å². The highest BCUT2D eigenvalue weighted by molar-refractivity contribution is 5.89. The fourth-order valence-corrected chi connectivity index (χ4v) is 1.34. The van der Waals surface area contributed by atoms with Gasteiger partial charge in [0.1, 0.15) is 5.75 Å². The molecule has 5 heteroatoms. The molecule has 0 amide bonds. The minimum absolute atomic E-state index is 0.235. The van der Waals surface area contributed by atoms with E-state index >= 15 is 0 Å². The molecule has 1 aromatic carbocycles. The predicted octanol–water partition coefficient (Wildman–Crippen LogP) is 2.45. The highest BCUT2D eigenvalue weighted by Gasteiger charge is 2.08. The van der Waals surface area contributed by atoms with Crippen LogP contribution in [0.4, 0.5) is 0 Å². The van der Waals surface area contributed by atoms with Crippen LogP contribution in [0.15, 0.2) is 42.7 Å². The molecule has 0 saturated carbocycles. The Labute approximate surface area is 104 Å². The number of carbonyl (C=O) groups is 1. The molecule has 92 valence electrons. The van der Waals surface area contributed by atoms with Crippen molar-refractivity contribution in [1.29, 1.82) is 0 Å². The monoisotopic (exact) mass is 244 g/mol. The molecule has 5 nitrogen and oxygen atoms in total. The lowest BCUT2D eigenvalue weighted by molar-refractivity contribution is 0.0526. The van der Waals surface area contributed by atoms with Crippen LogP contribution >= 0.6 is 0 Å². The van der Waals surface area contributed by atoms with Crippen LogP contribution in [0.2, 0.25) is 0 Å². The van der Waals surface area contributed by atoms with Crippen LogP contribution in [-0.4, -0.2) is 22.5 Å². The number of hydrogen-bond donors (Lipinski definition) is 0. The summed E-state index contributed by atoms with van der Waals surface area (Å²) in [6.45, 7) is 2.10. The third kappa shape index (κ3) is 3.04. The molecule has 0 N–H and O–H groups in total. The van der Waals surface area contributed by atoms with Gasteiger partial charge >= 0.3 is 12.0 Å². The molecule has 0 atom stereocenters. The Bertz CT molecular complexity index is 529. The molecule has 2 aromatic rings. The third-order valence-corrected chi connectivity index (χ3v) is 2.10. The Morgan fingerprint density at radius 3 is 2.72 bits per heavy atom. The number of hydrogen-bond acceptors (Lipinski definition) is 5. The molecule has 18 heavy (non-hydrogen) atoms. The number of rotatable bonds is 4. The first-order valence-corrected chi connectivity index (χ1v) is 5.51. The third-order valence-electron chi connectivity index (χ3n) is 2.10. The van der Waals surface area contributed by atoms with E-state index in [9.17, 15) is 4.79 Å². The largest absolute Gasteiger partial charge is 0.462 e. The Balaban J connectivity index is 2.15. The number of carbonyl (C=O) groups excluding carboxylic acids is 1. The van der Waals surface area contributed by atoms with Gasteiger partial charge < -0.3 is 9.47 Å². The van der Waals surface area contributed by atoms with Crippen LogP contribution in [0.3, 0.4) is 0 Å². The minimum Gasteiger partial charge on any atom is -0.462 e. The van der Waals surface area contributed by atoms with E-state index in [1.54, 1.807) is 49.6 Å². The fraction of sp³-hybridized carbons (Fsp3) is 0.154. The van der Waals surface area contributed by atoms with Crippen molar-refractivity contribution in [2.24, 2.45) is 0 Å². The Morgan fingerprint density at radius 2 is 2.00 bits per heavy atom. The van der Waals surface area contributed by atoms with Gasteiger partial charge in [0.15, 0.2) is 0 Å². The Hall–Kier alpha value is -2.43. The van der Waals surface area contributed by atoms with Gasteiger partial charge in [-0.25, -0.2) is 14.8 Å². The highest BCUT2D eigenvalue weighted by atomic mass is 16.5. The summed E-state index contributed by atoms with van der Waals surface area (Å²) in [6.07, 6.45) is 3.16. The van der Waals surface area contributed by atoms with Crippen LogP contribution in [-0.2, 0) is 4.74 Å². The molecule has 0 aliphatic heterocycles. The summed E-state index contributed by atoms with van der Waals surface area (Å²) in [7, 11) is 0. The van der Waals surface area contributed by atoms with Crippen molar-refractivity contribution < 1.29 is 14.3 Å². The summed E-state index contributed by atoms with van der Waals surface area (Å²) in [4.78, 5) is 19.4. The summed E-state index contributed by atoms with van der Waals surface area (Å²) in [5, 5.41) is 0. The molecule has 0 aliphatic rings. The molecule has 2 rings (SSSR count). The van der Waals surface area contributed by atoms with Gasteiger partial charge in [-0.15, -0.1) is 0 Å². The highest BCUT2D eigenvalue weighted by Crippen LogP contribution is 2.18. The number of aromatic nitrogens is 2. The first kappa shape index (κ1) is 12.0. The van der Waals surface area contributed by atoms with Crippen molar-refractivity contribution in [1.82, 2.24) is 9.97 Å². The van der Waals surface area contributed by atoms with Gasteiger partial charge in [-0.1, -0.05) is 6.07 Å².